The van der Waals surface area contributed by atoms with Gasteiger partial charge in [-0.2, -0.15) is 0 Å². The number of nitrogens with zero attached hydrogens (tertiary/aromatic N) is 2. The van der Waals surface area contributed by atoms with Crippen LogP contribution in [0.3, 0.4) is 0 Å². The van der Waals surface area contributed by atoms with Gasteiger partial charge in [-0.15, -0.1) is 0 Å². The number of piperidine rings is 1. The van der Waals surface area contributed by atoms with Gasteiger partial charge in [0.1, 0.15) is 11.6 Å². The van der Waals surface area contributed by atoms with Gasteiger partial charge < -0.3 is 19.7 Å². The van der Waals surface area contributed by atoms with Crippen molar-refractivity contribution in [1.29, 1.82) is 0 Å². The van der Waals surface area contributed by atoms with Crippen molar-refractivity contribution in [3.05, 3.63) is 52.7 Å². The van der Waals surface area contributed by atoms with Crippen LogP contribution < -0.4 is 15.0 Å². The second-order valence-corrected chi connectivity index (χ2v) is 8.88. The molecule has 1 aromatic carbocycles. The number of anilines is 1. The topological polar surface area (TPSA) is 80.8 Å². The zero-order valence-corrected chi connectivity index (χ0v) is 18.6. The third kappa shape index (κ3) is 3.70. The van der Waals surface area contributed by atoms with Gasteiger partial charge in [-0.3, -0.25) is 4.79 Å². The normalized spacial score (nSPS) is 23.4. The molecule has 168 valence electrons. The zero-order valence-electron chi connectivity index (χ0n) is 18.6. The summed E-state index contributed by atoms with van der Waals surface area (Å²) in [6.45, 7) is 4.80. The Morgan fingerprint density at radius 2 is 1.97 bits per heavy atom. The summed E-state index contributed by atoms with van der Waals surface area (Å²) in [7, 11) is 0. The fourth-order valence-corrected chi connectivity index (χ4v) is 5.46. The predicted molar refractivity (Wildman–Crippen MR) is 120 cm³/mol. The Balaban J connectivity index is 1.26. The van der Waals surface area contributed by atoms with Crippen molar-refractivity contribution in [3.63, 3.8) is 0 Å². The molecule has 2 bridgehead atoms. The van der Waals surface area contributed by atoms with E-state index in [1.54, 1.807) is 19.2 Å². The average molecular weight is 436 g/mol. The van der Waals surface area contributed by atoms with Crippen molar-refractivity contribution in [2.24, 2.45) is 0 Å². The van der Waals surface area contributed by atoms with Gasteiger partial charge in [-0.05, 0) is 63.3 Å². The van der Waals surface area contributed by atoms with Crippen LogP contribution in [0.1, 0.15) is 64.4 Å². The zero-order chi connectivity index (χ0) is 22.2. The monoisotopic (exact) mass is 435 g/mol. The molecule has 2 aromatic rings. The van der Waals surface area contributed by atoms with Gasteiger partial charge in [-0.1, -0.05) is 6.07 Å². The summed E-state index contributed by atoms with van der Waals surface area (Å²) in [6, 6.07) is 8.45. The van der Waals surface area contributed by atoms with E-state index in [2.05, 4.69) is 15.2 Å². The van der Waals surface area contributed by atoms with E-state index >= 15 is 0 Å². The van der Waals surface area contributed by atoms with Gasteiger partial charge in [0.25, 0.3) is 5.91 Å². The molecule has 4 heterocycles. The number of pyridine rings is 1. The molecule has 32 heavy (non-hydrogen) atoms. The minimum atomic E-state index is -0.344. The summed E-state index contributed by atoms with van der Waals surface area (Å²) in [5.74, 6) is 1.41. The van der Waals surface area contributed by atoms with Crippen molar-refractivity contribution < 1.29 is 19.1 Å². The summed E-state index contributed by atoms with van der Waals surface area (Å²) in [5.41, 5.74) is 3.30. The van der Waals surface area contributed by atoms with Crippen LogP contribution in [0.5, 0.6) is 5.75 Å². The lowest BCUT2D eigenvalue weighted by atomic mass is 9.96. The minimum absolute atomic E-state index is 0.0180. The van der Waals surface area contributed by atoms with Crippen LogP contribution in [0, 0.1) is 6.92 Å². The summed E-state index contributed by atoms with van der Waals surface area (Å²) in [4.78, 5) is 31.9. The summed E-state index contributed by atoms with van der Waals surface area (Å²) in [5, 5.41) is 3.28. The van der Waals surface area contributed by atoms with Gasteiger partial charge in [0.2, 0.25) is 0 Å². The molecule has 7 nitrogen and oxygen atoms in total. The molecule has 2 saturated heterocycles. The molecule has 2 fully saturated rings. The van der Waals surface area contributed by atoms with Gasteiger partial charge in [0.15, 0.2) is 0 Å². The van der Waals surface area contributed by atoms with Crippen molar-refractivity contribution in [2.45, 2.75) is 64.1 Å². The maximum Gasteiger partial charge on any atom is 0.339 e. The smallest absolute Gasteiger partial charge is 0.339 e. The van der Waals surface area contributed by atoms with Crippen LogP contribution in [0.15, 0.2) is 30.5 Å². The summed E-state index contributed by atoms with van der Waals surface area (Å²) >= 11 is 0. The van der Waals surface area contributed by atoms with Crippen molar-refractivity contribution >= 4 is 17.7 Å². The average Bonchev–Trinajstić information content (AvgIpc) is 3.37. The molecule has 0 saturated carbocycles. The Kier molecular flexibility index (Phi) is 5.49. The first-order valence-electron chi connectivity index (χ1n) is 11.5. The van der Waals surface area contributed by atoms with E-state index in [0.717, 1.165) is 49.2 Å². The number of aromatic nitrogens is 1. The molecule has 1 N–H and O–H groups in total. The molecule has 0 radical (unpaired) electrons. The Bertz CT molecular complexity index is 1020. The Labute approximate surface area is 188 Å². The van der Waals surface area contributed by atoms with E-state index in [0.29, 0.717) is 36.4 Å². The Morgan fingerprint density at radius 1 is 1.19 bits per heavy atom. The SMILES string of the molecule is CCOC(=O)c1ccc(N2C3CCC2CC(NC(=O)c2ccc4c(c2C)OCC4)C3)nc1. The number of esters is 1. The van der Waals surface area contributed by atoms with Crippen molar-refractivity contribution in [3.8, 4) is 5.75 Å². The number of hydrogen-bond acceptors (Lipinski definition) is 6. The highest BCUT2D eigenvalue weighted by atomic mass is 16.5. The first kappa shape index (κ1) is 20.8. The second-order valence-electron chi connectivity index (χ2n) is 8.88. The van der Waals surface area contributed by atoms with Crippen LogP contribution in [0.2, 0.25) is 0 Å². The minimum Gasteiger partial charge on any atom is -0.493 e. The number of carbonyl (C=O) groups is 2. The summed E-state index contributed by atoms with van der Waals surface area (Å²) < 4.78 is 10.8. The number of nitrogens with one attached hydrogen (secondary N) is 1. The number of hydrogen-bond donors (Lipinski definition) is 1. The number of carbonyl (C=O) groups excluding carboxylic acids is 2. The van der Waals surface area contributed by atoms with Gasteiger partial charge in [0.05, 0.1) is 18.8 Å². The maximum absolute atomic E-state index is 13.0. The van der Waals surface area contributed by atoms with E-state index in [-0.39, 0.29) is 17.9 Å². The molecule has 3 aliphatic heterocycles. The fourth-order valence-electron chi connectivity index (χ4n) is 5.46. The highest BCUT2D eigenvalue weighted by Gasteiger charge is 2.42. The molecule has 0 aliphatic carbocycles. The number of ether oxygens (including phenoxy) is 2. The number of rotatable bonds is 5. The van der Waals surface area contributed by atoms with Crippen LogP contribution in [0.4, 0.5) is 5.82 Å². The first-order chi connectivity index (χ1) is 15.5. The Morgan fingerprint density at radius 3 is 2.66 bits per heavy atom. The third-order valence-corrected chi connectivity index (χ3v) is 6.94. The lowest BCUT2D eigenvalue weighted by molar-refractivity contribution is 0.0525. The second kappa shape index (κ2) is 8.45. The summed E-state index contributed by atoms with van der Waals surface area (Å²) in [6.07, 6.45) is 6.47. The number of benzene rings is 1. The molecular formula is C25H29N3O4. The quantitative estimate of drug-likeness (QED) is 0.725. The van der Waals surface area contributed by atoms with E-state index in [9.17, 15) is 9.59 Å². The van der Waals surface area contributed by atoms with Crippen LogP contribution in [-0.4, -0.2) is 48.2 Å². The molecular weight excluding hydrogens is 406 g/mol. The van der Waals surface area contributed by atoms with Crippen molar-refractivity contribution in [1.82, 2.24) is 10.3 Å². The van der Waals surface area contributed by atoms with Gasteiger partial charge in [0, 0.05) is 41.9 Å². The standard InChI is InChI=1S/C25H29N3O4/c1-3-31-25(30)17-5-9-22(26-14-17)28-19-6-7-20(28)13-18(12-19)27-24(29)21-8-4-16-10-11-32-23(16)15(21)2/h4-5,8-9,14,18-20H,3,6-7,10-13H2,1-2H3,(H,27,29). The van der Waals surface area contributed by atoms with E-state index < -0.39 is 0 Å². The largest absolute Gasteiger partial charge is 0.493 e. The fraction of sp³-hybridized carbons (Fsp3) is 0.480. The molecule has 0 spiro atoms. The highest BCUT2D eigenvalue weighted by molar-refractivity contribution is 5.96. The molecule has 2 unspecified atom stereocenters. The molecule has 3 aliphatic rings. The highest BCUT2D eigenvalue weighted by Crippen LogP contribution is 2.39. The van der Waals surface area contributed by atoms with Gasteiger partial charge >= 0.3 is 5.97 Å². The van der Waals surface area contributed by atoms with Crippen LogP contribution in [-0.2, 0) is 11.2 Å². The number of amides is 1. The molecule has 7 heteroatoms. The van der Waals surface area contributed by atoms with Gasteiger partial charge in [-0.25, -0.2) is 9.78 Å². The molecule has 2 atom stereocenters. The first-order valence-corrected chi connectivity index (χ1v) is 11.5. The number of fused-ring (bicyclic) bond motifs is 3. The third-order valence-electron chi connectivity index (χ3n) is 6.94. The predicted octanol–water partition coefficient (Wildman–Crippen LogP) is 3.43. The van der Waals surface area contributed by atoms with E-state index in [4.69, 9.17) is 9.47 Å². The molecule has 5 rings (SSSR count). The van der Waals surface area contributed by atoms with E-state index in [1.165, 1.54) is 5.56 Å². The van der Waals surface area contributed by atoms with Crippen molar-refractivity contribution in [2.75, 3.05) is 18.1 Å². The van der Waals surface area contributed by atoms with Crippen LogP contribution in [0.25, 0.3) is 0 Å². The lowest BCUT2D eigenvalue weighted by Gasteiger charge is -2.40. The Hall–Kier alpha value is -3.09. The van der Waals surface area contributed by atoms with E-state index in [1.807, 2.05) is 25.1 Å². The molecule has 1 aromatic heterocycles. The maximum atomic E-state index is 13.0. The molecule has 1 amide bonds. The lowest BCUT2D eigenvalue weighted by Crippen LogP contribution is -2.50. The van der Waals surface area contributed by atoms with Crippen LogP contribution >= 0.6 is 0 Å².